The molecule has 0 saturated carbocycles. The summed E-state index contributed by atoms with van der Waals surface area (Å²) in [6.07, 6.45) is 12.9. The summed E-state index contributed by atoms with van der Waals surface area (Å²) in [6, 6.07) is 13.3. The predicted octanol–water partition coefficient (Wildman–Crippen LogP) is 4.54. The highest BCUT2D eigenvalue weighted by molar-refractivity contribution is 6.43. The average molecular weight is 412 g/mol. The van der Waals surface area contributed by atoms with E-state index < -0.39 is 0 Å². The Morgan fingerprint density at radius 2 is 2.06 bits per heavy atom. The first-order valence-electron chi connectivity index (χ1n) is 10.3. The molecular formula is C25H25N5O. The van der Waals surface area contributed by atoms with Gasteiger partial charge >= 0.3 is 0 Å². The Morgan fingerprint density at radius 3 is 2.71 bits per heavy atom. The summed E-state index contributed by atoms with van der Waals surface area (Å²) in [4.78, 5) is 23.3. The lowest BCUT2D eigenvalue weighted by Crippen LogP contribution is -2.32. The Hall–Kier alpha value is -3.98. The number of hydrogen-bond donors (Lipinski definition) is 1. The molecule has 0 unspecified atom stereocenters. The van der Waals surface area contributed by atoms with Crippen molar-refractivity contribution >= 4 is 17.3 Å². The van der Waals surface area contributed by atoms with Crippen LogP contribution in [0, 0.1) is 11.3 Å². The van der Waals surface area contributed by atoms with E-state index in [0.717, 1.165) is 29.7 Å². The first kappa shape index (κ1) is 21.7. The Bertz CT molecular complexity index is 1070. The SMILES string of the molecule is C/C=C(/c1ccc(C#N)cc1)N1C=CC(C(=O)NCc2cccnc2)=N/C1=C\CCC. The third-order valence-corrected chi connectivity index (χ3v) is 4.73. The number of nitrogens with one attached hydrogen (secondary N) is 1. The summed E-state index contributed by atoms with van der Waals surface area (Å²) < 4.78 is 0. The highest BCUT2D eigenvalue weighted by Gasteiger charge is 2.20. The zero-order chi connectivity index (χ0) is 22.1. The molecule has 3 rings (SSSR count). The summed E-state index contributed by atoms with van der Waals surface area (Å²) in [5.74, 6) is 0.468. The van der Waals surface area contributed by atoms with E-state index in [4.69, 9.17) is 5.26 Å². The maximum absolute atomic E-state index is 12.7. The minimum absolute atomic E-state index is 0.234. The van der Waals surface area contributed by atoms with Crippen LogP contribution < -0.4 is 5.32 Å². The lowest BCUT2D eigenvalue weighted by molar-refractivity contribution is -0.114. The molecule has 156 valence electrons. The standard InChI is InChI=1S/C25H25N5O/c1-3-5-8-24-29-22(25(31)28-18-20-7-6-14-27-17-20)13-15-30(24)23(4-2)21-11-9-19(16-26)10-12-21/h4,6-15,17H,3,5,18H2,1-2H3,(H,28,31)/b23-4-,24-8+. The molecule has 1 aromatic carbocycles. The van der Waals surface area contributed by atoms with E-state index >= 15 is 0 Å². The van der Waals surface area contributed by atoms with Crippen LogP contribution in [-0.4, -0.2) is 21.5 Å². The summed E-state index contributed by atoms with van der Waals surface area (Å²) in [5.41, 5.74) is 3.80. The second-order valence-corrected chi connectivity index (χ2v) is 6.94. The minimum atomic E-state index is -0.234. The lowest BCUT2D eigenvalue weighted by Gasteiger charge is -2.27. The van der Waals surface area contributed by atoms with Crippen LogP contribution in [0.3, 0.4) is 0 Å². The van der Waals surface area contributed by atoms with Gasteiger partial charge in [0.05, 0.1) is 11.6 Å². The molecule has 1 N–H and O–H groups in total. The number of amides is 1. The van der Waals surface area contributed by atoms with E-state index in [9.17, 15) is 4.79 Å². The van der Waals surface area contributed by atoms with Crippen molar-refractivity contribution in [3.63, 3.8) is 0 Å². The molecule has 1 aromatic heterocycles. The van der Waals surface area contributed by atoms with Crippen molar-refractivity contribution < 1.29 is 4.79 Å². The zero-order valence-electron chi connectivity index (χ0n) is 17.7. The number of nitrogens with zero attached hydrogens (tertiary/aromatic N) is 4. The summed E-state index contributed by atoms with van der Waals surface area (Å²) >= 11 is 0. The molecule has 0 bridgehead atoms. The quantitative estimate of drug-likeness (QED) is 0.725. The fourth-order valence-electron chi connectivity index (χ4n) is 3.12. The number of nitriles is 1. The van der Waals surface area contributed by atoms with Crippen molar-refractivity contribution in [2.24, 2.45) is 4.99 Å². The van der Waals surface area contributed by atoms with E-state index in [0.29, 0.717) is 23.6 Å². The highest BCUT2D eigenvalue weighted by Crippen LogP contribution is 2.28. The van der Waals surface area contributed by atoms with Crippen LogP contribution in [0.1, 0.15) is 43.4 Å². The van der Waals surface area contributed by atoms with Gasteiger partial charge in [-0.3, -0.25) is 9.78 Å². The molecule has 0 atom stereocenters. The van der Waals surface area contributed by atoms with Gasteiger partial charge in [-0.25, -0.2) is 4.99 Å². The zero-order valence-corrected chi connectivity index (χ0v) is 17.7. The van der Waals surface area contributed by atoms with Gasteiger partial charge in [0.15, 0.2) is 0 Å². The van der Waals surface area contributed by atoms with Crippen LogP contribution in [-0.2, 0) is 11.3 Å². The molecule has 0 saturated heterocycles. The molecule has 2 aromatic rings. The predicted molar refractivity (Wildman–Crippen MR) is 122 cm³/mol. The van der Waals surface area contributed by atoms with Crippen LogP contribution in [0.2, 0.25) is 0 Å². The Labute approximate surface area is 183 Å². The number of pyridine rings is 1. The van der Waals surface area contributed by atoms with Gasteiger partial charge in [0.1, 0.15) is 11.5 Å². The molecule has 31 heavy (non-hydrogen) atoms. The van der Waals surface area contributed by atoms with Crippen molar-refractivity contribution in [1.82, 2.24) is 15.2 Å². The monoisotopic (exact) mass is 411 g/mol. The van der Waals surface area contributed by atoms with E-state index in [-0.39, 0.29) is 5.91 Å². The summed E-state index contributed by atoms with van der Waals surface area (Å²) in [7, 11) is 0. The lowest BCUT2D eigenvalue weighted by atomic mass is 10.1. The highest BCUT2D eigenvalue weighted by atomic mass is 16.1. The maximum Gasteiger partial charge on any atom is 0.270 e. The van der Waals surface area contributed by atoms with Gasteiger partial charge in [0.25, 0.3) is 5.91 Å². The first-order chi connectivity index (χ1) is 15.2. The van der Waals surface area contributed by atoms with Gasteiger partial charge in [-0.15, -0.1) is 0 Å². The van der Waals surface area contributed by atoms with E-state index in [1.165, 1.54) is 0 Å². The largest absolute Gasteiger partial charge is 0.347 e. The number of aliphatic imine (C=N–C) groups is 1. The molecule has 0 radical (unpaired) electrons. The van der Waals surface area contributed by atoms with Crippen LogP contribution in [0.15, 0.2) is 84.0 Å². The molecule has 1 aliphatic rings. The number of benzene rings is 1. The number of hydrogen-bond acceptors (Lipinski definition) is 5. The average Bonchev–Trinajstić information content (AvgIpc) is 2.83. The van der Waals surface area contributed by atoms with Gasteiger partial charge in [-0.1, -0.05) is 37.6 Å². The van der Waals surface area contributed by atoms with Gasteiger partial charge < -0.3 is 10.2 Å². The van der Waals surface area contributed by atoms with Gasteiger partial charge in [0.2, 0.25) is 0 Å². The summed E-state index contributed by atoms with van der Waals surface area (Å²) in [6.45, 7) is 4.45. The number of unbranched alkanes of at least 4 members (excludes halogenated alkanes) is 1. The molecule has 6 nitrogen and oxygen atoms in total. The number of aromatic nitrogens is 1. The van der Waals surface area contributed by atoms with Crippen molar-refractivity contribution in [3.05, 3.63) is 95.7 Å². The number of carbonyl (C=O) groups is 1. The van der Waals surface area contributed by atoms with Crippen LogP contribution in [0.25, 0.3) is 5.70 Å². The molecule has 0 spiro atoms. The normalized spacial score (nSPS) is 14.9. The van der Waals surface area contributed by atoms with Crippen LogP contribution >= 0.6 is 0 Å². The maximum atomic E-state index is 12.7. The van der Waals surface area contributed by atoms with Gasteiger partial charge in [-0.2, -0.15) is 5.26 Å². The van der Waals surface area contributed by atoms with Crippen molar-refractivity contribution in [2.45, 2.75) is 33.2 Å². The number of allylic oxidation sites excluding steroid dienone is 2. The molecule has 1 amide bonds. The minimum Gasteiger partial charge on any atom is -0.347 e. The smallest absolute Gasteiger partial charge is 0.270 e. The Balaban J connectivity index is 1.81. The number of carbonyl (C=O) groups excluding carboxylic acids is 1. The molecule has 0 aliphatic carbocycles. The molecular weight excluding hydrogens is 386 g/mol. The third-order valence-electron chi connectivity index (χ3n) is 4.73. The molecule has 6 heteroatoms. The van der Waals surface area contributed by atoms with Gasteiger partial charge in [-0.05, 0) is 54.8 Å². The molecule has 2 heterocycles. The van der Waals surface area contributed by atoms with E-state index in [1.807, 2.05) is 54.4 Å². The van der Waals surface area contributed by atoms with Crippen molar-refractivity contribution in [2.75, 3.05) is 0 Å². The Kier molecular flexibility index (Phi) is 7.50. The molecule has 1 aliphatic heterocycles. The number of rotatable bonds is 7. The fourth-order valence-corrected chi connectivity index (χ4v) is 3.12. The van der Waals surface area contributed by atoms with Crippen molar-refractivity contribution in [1.29, 1.82) is 5.26 Å². The third kappa shape index (κ3) is 5.55. The van der Waals surface area contributed by atoms with E-state index in [2.05, 4.69) is 28.3 Å². The molecule has 0 fully saturated rings. The fraction of sp³-hybridized carbons (Fsp3) is 0.200. The Morgan fingerprint density at radius 1 is 1.26 bits per heavy atom. The van der Waals surface area contributed by atoms with Gasteiger partial charge in [0, 0.05) is 30.8 Å². The van der Waals surface area contributed by atoms with Crippen LogP contribution in [0.5, 0.6) is 0 Å². The second kappa shape index (κ2) is 10.7. The van der Waals surface area contributed by atoms with Crippen molar-refractivity contribution in [3.8, 4) is 6.07 Å². The van der Waals surface area contributed by atoms with E-state index in [1.54, 1.807) is 30.6 Å². The first-order valence-corrected chi connectivity index (χ1v) is 10.3. The topological polar surface area (TPSA) is 81.4 Å². The second-order valence-electron chi connectivity index (χ2n) is 6.94. The van der Waals surface area contributed by atoms with Crippen LogP contribution in [0.4, 0.5) is 0 Å². The summed E-state index contributed by atoms with van der Waals surface area (Å²) in [5, 5.41) is 12.0.